The van der Waals surface area contributed by atoms with Gasteiger partial charge in [-0.05, 0) is 43.7 Å². The van der Waals surface area contributed by atoms with Gasteiger partial charge in [-0.1, -0.05) is 30.3 Å². The lowest BCUT2D eigenvalue weighted by Gasteiger charge is -2.34. The summed E-state index contributed by atoms with van der Waals surface area (Å²) in [6.45, 7) is 2.03. The van der Waals surface area contributed by atoms with E-state index in [1.54, 1.807) is 6.20 Å². The molecule has 4 rings (SSSR count). The van der Waals surface area contributed by atoms with E-state index in [-0.39, 0.29) is 17.2 Å². The maximum Gasteiger partial charge on any atom is 0.230 e. The van der Waals surface area contributed by atoms with Crippen molar-refractivity contribution in [1.82, 2.24) is 14.7 Å². The van der Waals surface area contributed by atoms with E-state index in [4.69, 9.17) is 0 Å². The van der Waals surface area contributed by atoms with Gasteiger partial charge in [0.05, 0.1) is 12.0 Å². The third kappa shape index (κ3) is 4.12. The van der Waals surface area contributed by atoms with Gasteiger partial charge in [0.15, 0.2) is 0 Å². The minimum Gasteiger partial charge on any atom is -0.341 e. The summed E-state index contributed by atoms with van der Waals surface area (Å²) < 4.78 is 1.86. The number of carbonyl (C=O) groups excluding carboxylic acids is 2. The molecule has 5 nitrogen and oxygen atoms in total. The number of likely N-dealkylation sites (tertiary alicyclic amines) is 1. The van der Waals surface area contributed by atoms with Crippen LogP contribution in [0.25, 0.3) is 0 Å². The van der Waals surface area contributed by atoms with Crippen molar-refractivity contribution in [2.24, 2.45) is 11.3 Å². The zero-order valence-corrected chi connectivity index (χ0v) is 15.7. The Morgan fingerprint density at radius 3 is 2.67 bits per heavy atom. The summed E-state index contributed by atoms with van der Waals surface area (Å²) >= 11 is 0. The average molecular weight is 365 g/mol. The van der Waals surface area contributed by atoms with Gasteiger partial charge in [-0.3, -0.25) is 14.3 Å². The van der Waals surface area contributed by atoms with E-state index in [0.717, 1.165) is 38.6 Å². The van der Waals surface area contributed by atoms with Crippen molar-refractivity contribution in [3.63, 3.8) is 0 Å². The minimum absolute atomic E-state index is 0.00749. The number of rotatable bonds is 7. The van der Waals surface area contributed by atoms with E-state index in [0.29, 0.717) is 25.3 Å². The molecule has 2 aliphatic rings. The highest BCUT2D eigenvalue weighted by molar-refractivity contribution is 5.87. The van der Waals surface area contributed by atoms with Crippen LogP contribution in [0.1, 0.15) is 37.7 Å². The molecule has 1 aliphatic carbocycles. The zero-order valence-electron chi connectivity index (χ0n) is 15.7. The summed E-state index contributed by atoms with van der Waals surface area (Å²) in [4.78, 5) is 27.8. The number of aromatic nitrogens is 2. The summed E-state index contributed by atoms with van der Waals surface area (Å²) in [6.07, 6.45) is 8.70. The third-order valence-electron chi connectivity index (χ3n) is 6.00. The van der Waals surface area contributed by atoms with Crippen molar-refractivity contribution >= 4 is 11.7 Å². The molecule has 2 heterocycles. The van der Waals surface area contributed by atoms with Gasteiger partial charge in [0.2, 0.25) is 5.91 Å². The van der Waals surface area contributed by atoms with E-state index in [1.807, 2.05) is 40.0 Å². The maximum absolute atomic E-state index is 13.1. The van der Waals surface area contributed by atoms with Crippen LogP contribution in [0.4, 0.5) is 0 Å². The molecular formula is C22H27N3O2. The van der Waals surface area contributed by atoms with Gasteiger partial charge in [-0.25, -0.2) is 0 Å². The number of nitrogens with zero attached hydrogens (tertiary/aromatic N) is 3. The van der Waals surface area contributed by atoms with Crippen LogP contribution in [0.3, 0.4) is 0 Å². The van der Waals surface area contributed by atoms with Gasteiger partial charge in [0.1, 0.15) is 5.78 Å². The molecule has 1 aromatic carbocycles. The number of Topliss-reactive ketones (excluding diaryl/α,β-unsaturated/α-hetero) is 1. The summed E-state index contributed by atoms with van der Waals surface area (Å²) in [5.74, 6) is 0.513. The second-order valence-electron chi connectivity index (χ2n) is 8.03. The lowest BCUT2D eigenvalue weighted by atomic mass is 9.89. The van der Waals surface area contributed by atoms with Crippen LogP contribution in [0, 0.1) is 11.3 Å². The van der Waals surface area contributed by atoms with Crippen molar-refractivity contribution in [3.8, 4) is 0 Å². The first-order chi connectivity index (χ1) is 13.2. The molecule has 0 spiro atoms. The van der Waals surface area contributed by atoms with Crippen molar-refractivity contribution in [1.29, 1.82) is 0 Å². The predicted octanol–water partition coefficient (Wildman–Crippen LogP) is 3.10. The fourth-order valence-electron chi connectivity index (χ4n) is 4.17. The highest BCUT2D eigenvalue weighted by Crippen LogP contribution is 2.49. The molecule has 0 bridgehead atoms. The first-order valence-corrected chi connectivity index (χ1v) is 10.00. The number of aryl methyl sites for hydroxylation is 1. The summed E-state index contributed by atoms with van der Waals surface area (Å²) in [7, 11) is 0. The first kappa shape index (κ1) is 18.0. The van der Waals surface area contributed by atoms with Crippen LogP contribution in [-0.4, -0.2) is 39.5 Å². The van der Waals surface area contributed by atoms with E-state index in [2.05, 4.69) is 17.2 Å². The number of hydrogen-bond acceptors (Lipinski definition) is 3. The Morgan fingerprint density at radius 2 is 1.96 bits per heavy atom. The molecule has 2 aromatic rings. The molecule has 1 unspecified atom stereocenters. The van der Waals surface area contributed by atoms with Crippen molar-refractivity contribution < 1.29 is 9.59 Å². The van der Waals surface area contributed by atoms with Crippen molar-refractivity contribution in [3.05, 3.63) is 54.4 Å². The molecule has 5 heteroatoms. The van der Waals surface area contributed by atoms with E-state index in [1.165, 1.54) is 5.56 Å². The molecule has 0 N–H and O–H groups in total. The monoisotopic (exact) mass is 365 g/mol. The Bertz CT molecular complexity index is 781. The topological polar surface area (TPSA) is 55.2 Å². The quantitative estimate of drug-likeness (QED) is 0.758. The van der Waals surface area contributed by atoms with Crippen LogP contribution in [-0.2, 0) is 22.6 Å². The molecule has 1 aliphatic heterocycles. The fraction of sp³-hybridized carbons (Fsp3) is 0.500. The second-order valence-corrected chi connectivity index (χ2v) is 8.03. The molecule has 1 aromatic heterocycles. The molecule has 142 valence electrons. The van der Waals surface area contributed by atoms with E-state index >= 15 is 0 Å². The number of amides is 1. The Morgan fingerprint density at radius 1 is 1.15 bits per heavy atom. The van der Waals surface area contributed by atoms with Crippen LogP contribution in [0.5, 0.6) is 0 Å². The van der Waals surface area contributed by atoms with Gasteiger partial charge in [0.25, 0.3) is 0 Å². The second kappa shape index (κ2) is 7.67. The number of benzene rings is 1. The molecule has 1 amide bonds. The van der Waals surface area contributed by atoms with Gasteiger partial charge < -0.3 is 4.90 Å². The van der Waals surface area contributed by atoms with E-state index < -0.39 is 0 Å². The molecule has 2 fully saturated rings. The van der Waals surface area contributed by atoms with Gasteiger partial charge in [-0.2, -0.15) is 5.10 Å². The molecular weight excluding hydrogens is 338 g/mol. The number of hydrogen-bond donors (Lipinski definition) is 0. The van der Waals surface area contributed by atoms with Gasteiger partial charge in [-0.15, -0.1) is 0 Å². The normalized spacial score (nSPS) is 21.0. The number of ketones is 1. The summed E-state index contributed by atoms with van der Waals surface area (Å²) in [5, 5.41) is 4.26. The molecule has 0 radical (unpaired) electrons. The third-order valence-corrected chi connectivity index (χ3v) is 6.00. The van der Waals surface area contributed by atoms with Crippen LogP contribution < -0.4 is 0 Å². The Kier molecular flexibility index (Phi) is 5.10. The van der Waals surface area contributed by atoms with Crippen molar-refractivity contribution in [2.45, 2.75) is 45.1 Å². The largest absolute Gasteiger partial charge is 0.341 e. The Labute approximate surface area is 160 Å². The highest BCUT2D eigenvalue weighted by atomic mass is 16.2. The number of carbonyl (C=O) groups is 2. The fourth-order valence-corrected chi connectivity index (χ4v) is 4.17. The average Bonchev–Trinajstić information content (AvgIpc) is 3.31. The standard InChI is InChI=1S/C22H27N3O2/c26-20(10-9-18-6-2-1-3-7-18)19-8-4-14-24(16-19)21(27)22(11-12-22)17-25-15-5-13-23-25/h1-3,5-7,13,15,19H,4,8-12,14,16-17H2. The number of piperidine rings is 1. The minimum atomic E-state index is -0.291. The highest BCUT2D eigenvalue weighted by Gasteiger charge is 2.52. The van der Waals surface area contributed by atoms with Gasteiger partial charge in [0, 0.05) is 37.8 Å². The maximum atomic E-state index is 13.1. The predicted molar refractivity (Wildman–Crippen MR) is 103 cm³/mol. The summed E-state index contributed by atoms with van der Waals surface area (Å²) in [5.41, 5.74) is 0.909. The molecule has 27 heavy (non-hydrogen) atoms. The smallest absolute Gasteiger partial charge is 0.230 e. The SMILES string of the molecule is O=C(CCc1ccccc1)C1CCCN(C(=O)C2(Cn3cccn3)CC2)C1. The molecule has 1 saturated heterocycles. The zero-order chi connectivity index (χ0) is 18.7. The van der Waals surface area contributed by atoms with Crippen molar-refractivity contribution in [2.75, 3.05) is 13.1 Å². The Hall–Kier alpha value is -2.43. The van der Waals surface area contributed by atoms with Crippen LogP contribution in [0.2, 0.25) is 0 Å². The van der Waals surface area contributed by atoms with E-state index in [9.17, 15) is 9.59 Å². The lowest BCUT2D eigenvalue weighted by Crippen LogP contribution is -2.46. The first-order valence-electron chi connectivity index (χ1n) is 10.00. The summed E-state index contributed by atoms with van der Waals surface area (Å²) in [6, 6.07) is 12.0. The Balaban J connectivity index is 1.33. The molecule has 1 saturated carbocycles. The van der Waals surface area contributed by atoms with Crippen LogP contribution >= 0.6 is 0 Å². The van der Waals surface area contributed by atoms with Crippen LogP contribution in [0.15, 0.2) is 48.8 Å². The molecule has 1 atom stereocenters. The van der Waals surface area contributed by atoms with Gasteiger partial charge >= 0.3 is 0 Å². The lowest BCUT2D eigenvalue weighted by molar-refractivity contribution is -0.141.